The van der Waals surface area contributed by atoms with Crippen LogP contribution in [0.15, 0.2) is 24.3 Å². The molecule has 2 N–H and O–H groups in total. The monoisotopic (exact) mass is 578 g/mol. The molecule has 12 nitrogen and oxygen atoms in total. The number of piperidine rings is 1. The van der Waals surface area contributed by atoms with Crippen LogP contribution in [-0.2, 0) is 24.3 Å². The lowest BCUT2D eigenvalue weighted by Gasteiger charge is -2.40. The molecule has 0 spiro atoms. The summed E-state index contributed by atoms with van der Waals surface area (Å²) in [5.41, 5.74) is 3.75. The lowest BCUT2D eigenvalue weighted by Crippen LogP contribution is -2.54. The smallest absolute Gasteiger partial charge is 0.410 e. The van der Waals surface area contributed by atoms with Gasteiger partial charge in [0.15, 0.2) is 0 Å². The van der Waals surface area contributed by atoms with Gasteiger partial charge in [0, 0.05) is 52.3 Å². The summed E-state index contributed by atoms with van der Waals surface area (Å²) in [6.07, 6.45) is 2.29. The maximum Gasteiger partial charge on any atom is 0.410 e. The van der Waals surface area contributed by atoms with Crippen LogP contribution in [0.4, 0.5) is 4.79 Å². The number of aryl methyl sites for hydroxylation is 1. The van der Waals surface area contributed by atoms with E-state index in [1.807, 2.05) is 25.1 Å². The number of benzene rings is 1. The molecule has 3 amide bonds. The van der Waals surface area contributed by atoms with Gasteiger partial charge in [0.1, 0.15) is 6.10 Å². The van der Waals surface area contributed by atoms with E-state index in [1.54, 1.807) is 25.6 Å². The molecular formula is C27H38N4O8S. The Balaban J connectivity index is 1.42. The highest BCUT2D eigenvalue weighted by molar-refractivity contribution is 7.89. The summed E-state index contributed by atoms with van der Waals surface area (Å²) < 4.78 is 39.0. The molecule has 0 unspecified atom stereocenters. The zero-order chi connectivity index (χ0) is 29.1. The van der Waals surface area contributed by atoms with Crippen LogP contribution in [0.2, 0.25) is 0 Å². The van der Waals surface area contributed by atoms with Gasteiger partial charge < -0.3 is 19.3 Å². The van der Waals surface area contributed by atoms with Crippen molar-refractivity contribution in [3.8, 4) is 0 Å². The lowest BCUT2D eigenvalue weighted by atomic mass is 9.79. The average molecular weight is 579 g/mol. The Hall–Kier alpha value is -3.00. The normalized spacial score (nSPS) is 21.4. The number of carbonyl (C=O) groups excluding carboxylic acids is 3. The third-order valence-electron chi connectivity index (χ3n) is 7.97. The molecule has 0 radical (unpaired) electrons. The fourth-order valence-electron chi connectivity index (χ4n) is 5.50. The van der Waals surface area contributed by atoms with Crippen LogP contribution in [0.1, 0.15) is 47.2 Å². The number of likely N-dealkylation sites (tertiary alicyclic amines) is 1. The van der Waals surface area contributed by atoms with Gasteiger partial charge in [0.25, 0.3) is 11.8 Å². The van der Waals surface area contributed by atoms with Crippen LogP contribution >= 0.6 is 0 Å². The Morgan fingerprint density at radius 2 is 1.93 bits per heavy atom. The van der Waals surface area contributed by atoms with Crippen molar-refractivity contribution in [3.63, 3.8) is 0 Å². The Bertz CT molecular complexity index is 1270. The number of nitrogens with zero attached hydrogens (tertiary/aromatic N) is 3. The van der Waals surface area contributed by atoms with Crippen LogP contribution in [0.3, 0.4) is 0 Å². The number of amides is 3. The molecule has 2 fully saturated rings. The first-order valence-corrected chi connectivity index (χ1v) is 15.0. The van der Waals surface area contributed by atoms with Gasteiger partial charge in [-0.1, -0.05) is 12.1 Å². The minimum absolute atomic E-state index is 0.0705. The number of ether oxygens (including phenoxy) is 2. The SMILES string of the molecule is Cc1cc(C(=O)N(C)C)ccc1C1=CCN(S(=O)(=O)CC2(C(=O)NO)CCN(C(=O)O[C@H]3CCOC3)CC2)CC1. The van der Waals surface area contributed by atoms with Crippen molar-refractivity contribution in [1.82, 2.24) is 19.6 Å². The number of sulfonamides is 1. The van der Waals surface area contributed by atoms with Crippen molar-refractivity contribution in [2.75, 3.05) is 59.2 Å². The summed E-state index contributed by atoms with van der Waals surface area (Å²) in [7, 11) is -0.486. The largest absolute Gasteiger partial charge is 0.444 e. The summed E-state index contributed by atoms with van der Waals surface area (Å²) in [6, 6.07) is 5.50. The van der Waals surface area contributed by atoms with Crippen LogP contribution in [0.25, 0.3) is 5.57 Å². The summed E-state index contributed by atoms with van der Waals surface area (Å²) in [6.45, 7) is 3.45. The first-order chi connectivity index (χ1) is 19.0. The molecule has 0 saturated carbocycles. The van der Waals surface area contributed by atoms with Crippen LogP contribution in [0.5, 0.6) is 0 Å². The Morgan fingerprint density at radius 3 is 2.48 bits per heavy atom. The summed E-state index contributed by atoms with van der Waals surface area (Å²) >= 11 is 0. The number of carbonyl (C=O) groups is 3. The van der Waals surface area contributed by atoms with Gasteiger partial charge in [0.05, 0.1) is 24.4 Å². The Morgan fingerprint density at radius 1 is 1.20 bits per heavy atom. The van der Waals surface area contributed by atoms with Gasteiger partial charge in [0.2, 0.25) is 10.0 Å². The highest BCUT2D eigenvalue weighted by Crippen LogP contribution is 2.36. The van der Waals surface area contributed by atoms with E-state index in [9.17, 15) is 28.0 Å². The summed E-state index contributed by atoms with van der Waals surface area (Å²) in [5, 5.41) is 9.43. The maximum absolute atomic E-state index is 13.5. The van der Waals surface area contributed by atoms with Crippen molar-refractivity contribution < 1.29 is 37.5 Å². The van der Waals surface area contributed by atoms with Crippen molar-refractivity contribution in [2.24, 2.45) is 5.41 Å². The van der Waals surface area contributed by atoms with Crippen LogP contribution in [-0.4, -0.2) is 111 Å². The fraction of sp³-hybridized carbons (Fsp3) is 0.593. The molecule has 0 aromatic heterocycles. The van der Waals surface area contributed by atoms with Crippen molar-refractivity contribution >= 4 is 33.5 Å². The van der Waals surface area contributed by atoms with E-state index in [2.05, 4.69) is 0 Å². The predicted molar refractivity (Wildman–Crippen MR) is 146 cm³/mol. The first-order valence-electron chi connectivity index (χ1n) is 13.4. The van der Waals surface area contributed by atoms with E-state index in [-0.39, 0.29) is 51.0 Å². The molecule has 0 aliphatic carbocycles. The molecular weight excluding hydrogens is 540 g/mol. The van der Waals surface area contributed by atoms with Gasteiger partial charge in [-0.25, -0.2) is 18.7 Å². The number of rotatable bonds is 7. The van der Waals surface area contributed by atoms with Crippen LogP contribution < -0.4 is 5.48 Å². The third kappa shape index (κ3) is 6.48. The second-order valence-corrected chi connectivity index (χ2v) is 12.9. The molecule has 1 aromatic rings. The average Bonchev–Trinajstić information content (AvgIpc) is 3.45. The van der Waals surface area contributed by atoms with Crippen molar-refractivity contribution in [1.29, 1.82) is 0 Å². The van der Waals surface area contributed by atoms with Gasteiger partial charge in [-0.05, 0) is 55.0 Å². The minimum atomic E-state index is -3.88. The summed E-state index contributed by atoms with van der Waals surface area (Å²) in [4.78, 5) is 40.6. The molecule has 13 heteroatoms. The molecule has 2 saturated heterocycles. The highest BCUT2D eigenvalue weighted by Gasteiger charge is 2.47. The molecule has 1 aromatic carbocycles. The molecule has 3 heterocycles. The van der Waals surface area contributed by atoms with E-state index in [0.29, 0.717) is 31.6 Å². The molecule has 4 rings (SSSR count). The Kier molecular flexibility index (Phi) is 9.18. The van der Waals surface area contributed by atoms with E-state index in [1.165, 1.54) is 14.1 Å². The van der Waals surface area contributed by atoms with Gasteiger partial charge in [-0.15, -0.1) is 0 Å². The number of hydrogen-bond donors (Lipinski definition) is 2. The predicted octanol–water partition coefficient (Wildman–Crippen LogP) is 1.63. The number of hydrogen-bond acceptors (Lipinski definition) is 8. The third-order valence-corrected chi connectivity index (χ3v) is 10.0. The molecule has 0 bridgehead atoms. The van der Waals surface area contributed by atoms with Crippen LogP contribution in [0, 0.1) is 12.3 Å². The van der Waals surface area contributed by atoms with Gasteiger partial charge in [-0.2, -0.15) is 4.31 Å². The molecule has 3 aliphatic rings. The van der Waals surface area contributed by atoms with E-state index in [0.717, 1.165) is 16.7 Å². The fourth-order valence-corrected chi connectivity index (χ4v) is 7.47. The van der Waals surface area contributed by atoms with E-state index < -0.39 is 33.2 Å². The lowest BCUT2D eigenvalue weighted by molar-refractivity contribution is -0.141. The molecule has 3 aliphatic heterocycles. The van der Waals surface area contributed by atoms with Crippen molar-refractivity contribution in [2.45, 2.75) is 38.7 Å². The molecule has 1 atom stereocenters. The first kappa shape index (κ1) is 30.0. The quantitative estimate of drug-likeness (QED) is 0.367. The van der Waals surface area contributed by atoms with Gasteiger partial charge in [-0.3, -0.25) is 14.8 Å². The van der Waals surface area contributed by atoms with E-state index in [4.69, 9.17) is 9.47 Å². The Labute approximate surface area is 234 Å². The zero-order valence-electron chi connectivity index (χ0n) is 23.2. The topological polar surface area (TPSA) is 146 Å². The van der Waals surface area contributed by atoms with E-state index >= 15 is 0 Å². The molecule has 220 valence electrons. The molecule has 40 heavy (non-hydrogen) atoms. The maximum atomic E-state index is 13.5. The zero-order valence-corrected chi connectivity index (χ0v) is 24.0. The second-order valence-electron chi connectivity index (χ2n) is 10.9. The number of nitrogens with one attached hydrogen (secondary N) is 1. The number of hydroxylamine groups is 1. The van der Waals surface area contributed by atoms with Gasteiger partial charge >= 0.3 is 6.09 Å². The highest BCUT2D eigenvalue weighted by atomic mass is 32.2. The minimum Gasteiger partial charge on any atom is -0.444 e. The summed E-state index contributed by atoms with van der Waals surface area (Å²) in [5.74, 6) is -1.34. The van der Waals surface area contributed by atoms with Crippen molar-refractivity contribution in [3.05, 3.63) is 41.0 Å². The standard InChI is InChI=1S/C27H38N4O8S/c1-19-16-21(24(32)29(2)3)4-5-23(19)20-6-11-31(12-7-20)40(36,37)18-27(25(33)28-35)9-13-30(14-10-27)26(34)39-22-8-15-38-17-22/h4-6,16,22,35H,7-15,17-18H2,1-3H3,(H,28,33)/t22-/m0/s1. The second kappa shape index (κ2) is 12.2.